The fraction of sp³-hybridized carbons (Fsp3) is 0.257. The van der Waals surface area contributed by atoms with Gasteiger partial charge in [0.25, 0.3) is 10.0 Å². The Hall–Kier alpha value is -5.03. The Kier molecular flexibility index (Phi) is 11.6. The van der Waals surface area contributed by atoms with Gasteiger partial charge >= 0.3 is 0 Å². The zero-order valence-corrected chi connectivity index (χ0v) is 27.2. The van der Waals surface area contributed by atoms with Crippen molar-refractivity contribution < 1.29 is 32.2 Å². The first-order valence-corrected chi connectivity index (χ1v) is 16.2. The third kappa shape index (κ3) is 8.16. The Morgan fingerprint density at radius 2 is 1.41 bits per heavy atom. The van der Waals surface area contributed by atoms with Gasteiger partial charge in [-0.15, -0.1) is 0 Å². The van der Waals surface area contributed by atoms with Crippen LogP contribution >= 0.6 is 0 Å². The molecule has 4 rings (SSSR count). The van der Waals surface area contributed by atoms with Crippen LogP contribution in [0.3, 0.4) is 0 Å². The number of nitrogens with one attached hydrogen (secondary N) is 1. The molecule has 0 aliphatic rings. The molecule has 2 amide bonds. The molecule has 1 atom stereocenters. The van der Waals surface area contributed by atoms with Gasteiger partial charge in [-0.25, -0.2) is 8.42 Å². The lowest BCUT2D eigenvalue weighted by Gasteiger charge is -2.34. The summed E-state index contributed by atoms with van der Waals surface area (Å²) in [5.41, 5.74) is 1.74. The summed E-state index contributed by atoms with van der Waals surface area (Å²) in [5.74, 6) is 0.336. The minimum Gasteiger partial charge on any atom is -0.497 e. The standard InChI is InChI=1S/C35H39N3O7S/c1-5-36-35(40)31(22-26-13-8-6-9-14-26)37(24-27-15-12-16-29(21-27)43-2)34(39)25-38(46(41,42)30-17-10-7-11-18-30)28-19-20-32(44-3)33(23-28)45-4/h6-21,23,31H,5,22,24-25H2,1-4H3,(H,36,40)/t31-/m1/s1. The lowest BCUT2D eigenvalue weighted by Crippen LogP contribution is -2.53. The van der Waals surface area contributed by atoms with Crippen molar-refractivity contribution in [3.8, 4) is 17.2 Å². The van der Waals surface area contributed by atoms with Crippen LogP contribution in [0.4, 0.5) is 5.69 Å². The summed E-state index contributed by atoms with van der Waals surface area (Å²) in [5, 5.41) is 2.86. The number of likely N-dealkylation sites (N-methyl/N-ethyl adjacent to an activating group) is 1. The van der Waals surface area contributed by atoms with Gasteiger partial charge < -0.3 is 24.4 Å². The first-order chi connectivity index (χ1) is 22.2. The molecule has 242 valence electrons. The average Bonchev–Trinajstić information content (AvgIpc) is 3.09. The minimum atomic E-state index is -4.26. The third-order valence-corrected chi connectivity index (χ3v) is 9.16. The molecule has 0 saturated heterocycles. The highest BCUT2D eigenvalue weighted by Gasteiger charge is 2.35. The van der Waals surface area contributed by atoms with E-state index in [0.717, 1.165) is 9.87 Å². The van der Waals surface area contributed by atoms with E-state index in [9.17, 15) is 18.0 Å². The van der Waals surface area contributed by atoms with Crippen LogP contribution in [0.1, 0.15) is 18.1 Å². The van der Waals surface area contributed by atoms with E-state index >= 15 is 0 Å². The van der Waals surface area contributed by atoms with Crippen molar-refractivity contribution >= 4 is 27.5 Å². The van der Waals surface area contributed by atoms with E-state index < -0.39 is 28.5 Å². The lowest BCUT2D eigenvalue weighted by atomic mass is 10.0. The molecule has 0 aliphatic carbocycles. The molecule has 0 unspecified atom stereocenters. The highest BCUT2D eigenvalue weighted by molar-refractivity contribution is 7.92. The lowest BCUT2D eigenvalue weighted by molar-refractivity contribution is -0.140. The number of ether oxygens (including phenoxy) is 3. The topological polar surface area (TPSA) is 114 Å². The van der Waals surface area contributed by atoms with Crippen LogP contribution in [-0.4, -0.2) is 65.6 Å². The summed E-state index contributed by atoms with van der Waals surface area (Å²) in [4.78, 5) is 29.6. The quantitative estimate of drug-likeness (QED) is 0.200. The maximum absolute atomic E-state index is 14.5. The Labute approximate surface area is 270 Å². The fourth-order valence-electron chi connectivity index (χ4n) is 5.04. The maximum Gasteiger partial charge on any atom is 0.264 e. The first-order valence-electron chi connectivity index (χ1n) is 14.8. The molecule has 4 aromatic carbocycles. The van der Waals surface area contributed by atoms with Gasteiger partial charge in [0, 0.05) is 25.6 Å². The zero-order valence-electron chi connectivity index (χ0n) is 26.4. The van der Waals surface area contributed by atoms with Crippen molar-refractivity contribution in [1.29, 1.82) is 0 Å². The molecule has 0 aromatic heterocycles. The van der Waals surface area contributed by atoms with Gasteiger partial charge in [0.1, 0.15) is 18.3 Å². The SMILES string of the molecule is CCNC(=O)[C@@H](Cc1ccccc1)N(Cc1cccc(OC)c1)C(=O)CN(c1ccc(OC)c(OC)c1)S(=O)(=O)c1ccccc1. The molecular formula is C35H39N3O7S. The predicted octanol–water partition coefficient (Wildman–Crippen LogP) is 4.68. The number of hydrogen-bond donors (Lipinski definition) is 1. The molecule has 0 spiro atoms. The van der Waals surface area contributed by atoms with Crippen molar-refractivity contribution in [2.45, 2.75) is 30.8 Å². The van der Waals surface area contributed by atoms with Crippen LogP contribution in [0.5, 0.6) is 17.2 Å². The van der Waals surface area contributed by atoms with Crippen LogP contribution < -0.4 is 23.8 Å². The number of rotatable bonds is 15. The van der Waals surface area contributed by atoms with Crippen molar-refractivity contribution in [1.82, 2.24) is 10.2 Å². The summed E-state index contributed by atoms with van der Waals surface area (Å²) in [6, 6.07) is 28.1. The molecule has 0 saturated carbocycles. The minimum absolute atomic E-state index is 0.00138. The van der Waals surface area contributed by atoms with Crippen LogP contribution in [0.25, 0.3) is 0 Å². The van der Waals surface area contributed by atoms with Gasteiger partial charge in [-0.3, -0.25) is 13.9 Å². The van der Waals surface area contributed by atoms with Crippen LogP contribution in [0.15, 0.2) is 108 Å². The number of methoxy groups -OCH3 is 3. The van der Waals surface area contributed by atoms with Gasteiger partial charge in [-0.2, -0.15) is 0 Å². The van der Waals surface area contributed by atoms with Gasteiger partial charge in [0.05, 0.1) is 31.9 Å². The number of anilines is 1. The maximum atomic E-state index is 14.5. The number of carbonyl (C=O) groups excluding carboxylic acids is 2. The molecule has 0 aliphatic heterocycles. The monoisotopic (exact) mass is 645 g/mol. The Balaban J connectivity index is 1.83. The van der Waals surface area contributed by atoms with E-state index in [-0.39, 0.29) is 29.5 Å². The molecule has 10 nitrogen and oxygen atoms in total. The van der Waals surface area contributed by atoms with Crippen molar-refractivity contribution in [2.24, 2.45) is 0 Å². The average molecular weight is 646 g/mol. The Bertz CT molecular complexity index is 1720. The summed E-state index contributed by atoms with van der Waals surface area (Å²) < 4.78 is 45.6. The second-order valence-corrected chi connectivity index (χ2v) is 12.2. The molecule has 11 heteroatoms. The van der Waals surface area contributed by atoms with E-state index in [1.165, 1.54) is 37.3 Å². The number of sulfonamides is 1. The van der Waals surface area contributed by atoms with Crippen molar-refractivity contribution in [2.75, 3.05) is 38.7 Å². The van der Waals surface area contributed by atoms with E-state index in [4.69, 9.17) is 14.2 Å². The van der Waals surface area contributed by atoms with Gasteiger partial charge in [-0.1, -0.05) is 60.7 Å². The van der Waals surface area contributed by atoms with Gasteiger partial charge in [0.2, 0.25) is 11.8 Å². The van der Waals surface area contributed by atoms with E-state index in [1.807, 2.05) is 36.4 Å². The predicted molar refractivity (Wildman–Crippen MR) is 177 cm³/mol. The van der Waals surface area contributed by atoms with Gasteiger partial charge in [0.15, 0.2) is 11.5 Å². The highest BCUT2D eigenvalue weighted by Crippen LogP contribution is 2.34. The van der Waals surface area contributed by atoms with Crippen molar-refractivity contribution in [3.63, 3.8) is 0 Å². The van der Waals surface area contributed by atoms with Gasteiger partial charge in [-0.05, 0) is 54.4 Å². The van der Waals surface area contributed by atoms with Crippen LogP contribution in [0.2, 0.25) is 0 Å². The van der Waals surface area contributed by atoms with Crippen LogP contribution in [0, 0.1) is 0 Å². The number of amides is 2. The smallest absolute Gasteiger partial charge is 0.264 e. The van der Waals surface area contributed by atoms with E-state index in [0.29, 0.717) is 29.4 Å². The Morgan fingerprint density at radius 1 is 0.761 bits per heavy atom. The summed E-state index contributed by atoms with van der Waals surface area (Å²) >= 11 is 0. The molecule has 0 heterocycles. The first kappa shape index (κ1) is 33.9. The second-order valence-electron chi connectivity index (χ2n) is 10.3. The highest BCUT2D eigenvalue weighted by atomic mass is 32.2. The molecule has 0 radical (unpaired) electrons. The molecule has 4 aromatic rings. The summed E-state index contributed by atoms with van der Waals surface area (Å²) in [7, 11) is 0.209. The van der Waals surface area contributed by atoms with Crippen molar-refractivity contribution in [3.05, 3.63) is 114 Å². The van der Waals surface area contributed by atoms with Crippen LogP contribution in [-0.2, 0) is 32.6 Å². The van der Waals surface area contributed by atoms with E-state index in [1.54, 1.807) is 62.6 Å². The fourth-order valence-corrected chi connectivity index (χ4v) is 6.47. The number of nitrogens with zero attached hydrogens (tertiary/aromatic N) is 2. The number of carbonyl (C=O) groups is 2. The number of hydrogen-bond acceptors (Lipinski definition) is 7. The molecular weight excluding hydrogens is 606 g/mol. The Morgan fingerprint density at radius 3 is 2.04 bits per heavy atom. The number of benzene rings is 4. The molecule has 46 heavy (non-hydrogen) atoms. The zero-order chi connectivity index (χ0) is 33.1. The summed E-state index contributed by atoms with van der Waals surface area (Å²) in [6.45, 7) is 1.58. The third-order valence-electron chi connectivity index (χ3n) is 7.37. The second kappa shape index (κ2) is 15.8. The molecule has 1 N–H and O–H groups in total. The van der Waals surface area contributed by atoms with E-state index in [2.05, 4.69) is 5.32 Å². The summed E-state index contributed by atoms with van der Waals surface area (Å²) in [6.07, 6.45) is 0.212. The normalized spacial score (nSPS) is 11.7. The largest absolute Gasteiger partial charge is 0.497 e. The molecule has 0 bridgehead atoms. The molecule has 0 fully saturated rings.